The second kappa shape index (κ2) is 8.89. The molecule has 0 aliphatic carbocycles. The van der Waals surface area contributed by atoms with Crippen molar-refractivity contribution >= 4 is 43.2 Å². The van der Waals surface area contributed by atoms with E-state index in [1.54, 1.807) is 30.3 Å². The van der Waals surface area contributed by atoms with Gasteiger partial charge in [0.15, 0.2) is 0 Å². The molecule has 0 unspecified atom stereocenters. The van der Waals surface area contributed by atoms with Crippen molar-refractivity contribution in [2.75, 3.05) is 17.1 Å². The number of ether oxygens (including phenoxy) is 1. The fourth-order valence-electron chi connectivity index (χ4n) is 2.89. The number of amides is 1. The van der Waals surface area contributed by atoms with Crippen molar-refractivity contribution in [1.82, 2.24) is 0 Å². The van der Waals surface area contributed by atoms with Gasteiger partial charge in [-0.15, -0.1) is 0 Å². The van der Waals surface area contributed by atoms with Crippen molar-refractivity contribution in [3.05, 3.63) is 81.8 Å². The van der Waals surface area contributed by atoms with E-state index in [4.69, 9.17) is 4.74 Å². The molecule has 0 saturated heterocycles. The Bertz CT molecular complexity index is 1170. The lowest BCUT2D eigenvalue weighted by Crippen LogP contribution is -2.15. The molecule has 2 N–H and O–H groups in total. The molecule has 3 aromatic carbocycles. The van der Waals surface area contributed by atoms with Gasteiger partial charge in [-0.1, -0.05) is 18.2 Å². The Balaban J connectivity index is 1.78. The first-order chi connectivity index (χ1) is 14.2. The summed E-state index contributed by atoms with van der Waals surface area (Å²) < 4.78 is 33.9. The van der Waals surface area contributed by atoms with Crippen molar-refractivity contribution in [2.24, 2.45) is 0 Å². The Morgan fingerprint density at radius 3 is 2.20 bits per heavy atom. The Labute approximate surface area is 184 Å². The third-order valence-electron chi connectivity index (χ3n) is 4.56. The van der Waals surface area contributed by atoms with Gasteiger partial charge in [0.1, 0.15) is 5.75 Å². The normalized spacial score (nSPS) is 11.1. The molecule has 0 fully saturated rings. The number of hydrogen-bond donors (Lipinski definition) is 2. The standard InChI is InChI=1S/C22H21BrN2O4S/c1-14-5-4-6-15(2)21(14)25-30(27,28)18-10-7-16(8-11-18)24-22(26)19-13-17(29-3)9-12-20(19)23/h4-13,25H,1-3H3,(H,24,26). The van der Waals surface area contributed by atoms with Crippen LogP contribution in [0.25, 0.3) is 0 Å². The molecule has 0 saturated carbocycles. The average molecular weight is 489 g/mol. The van der Waals surface area contributed by atoms with E-state index in [2.05, 4.69) is 26.0 Å². The lowest BCUT2D eigenvalue weighted by Gasteiger charge is -2.14. The Kier molecular flexibility index (Phi) is 6.48. The molecule has 0 aliphatic heterocycles. The summed E-state index contributed by atoms with van der Waals surface area (Å²) in [6, 6.07) is 16.6. The molecule has 0 aliphatic rings. The first kappa shape index (κ1) is 21.9. The van der Waals surface area contributed by atoms with Crippen LogP contribution >= 0.6 is 15.9 Å². The Morgan fingerprint density at radius 2 is 1.60 bits per heavy atom. The smallest absolute Gasteiger partial charge is 0.261 e. The molecule has 30 heavy (non-hydrogen) atoms. The molecule has 1 amide bonds. The van der Waals surface area contributed by atoms with Crippen LogP contribution in [0.2, 0.25) is 0 Å². The second-order valence-corrected chi connectivity index (χ2v) is 9.23. The molecule has 8 heteroatoms. The number of rotatable bonds is 6. The summed E-state index contributed by atoms with van der Waals surface area (Å²) in [6.45, 7) is 3.69. The van der Waals surface area contributed by atoms with Gasteiger partial charge in [-0.25, -0.2) is 8.42 Å². The molecule has 156 valence electrons. The minimum absolute atomic E-state index is 0.103. The Morgan fingerprint density at radius 1 is 0.967 bits per heavy atom. The zero-order valence-corrected chi connectivity index (χ0v) is 19.1. The molecule has 0 bridgehead atoms. The lowest BCUT2D eigenvalue weighted by atomic mass is 10.1. The minimum atomic E-state index is -3.76. The van der Waals surface area contributed by atoms with E-state index in [1.807, 2.05) is 32.0 Å². The minimum Gasteiger partial charge on any atom is -0.497 e. The highest BCUT2D eigenvalue weighted by molar-refractivity contribution is 9.10. The maximum atomic E-state index is 12.8. The maximum absolute atomic E-state index is 12.8. The first-order valence-corrected chi connectivity index (χ1v) is 11.3. The van der Waals surface area contributed by atoms with Gasteiger partial charge in [0.25, 0.3) is 15.9 Å². The average Bonchev–Trinajstić information content (AvgIpc) is 2.71. The molecule has 6 nitrogen and oxygen atoms in total. The van der Waals surface area contributed by atoms with Crippen LogP contribution in [0, 0.1) is 13.8 Å². The van der Waals surface area contributed by atoms with Crippen molar-refractivity contribution in [1.29, 1.82) is 0 Å². The number of carbonyl (C=O) groups excluding carboxylic acids is 1. The highest BCUT2D eigenvalue weighted by atomic mass is 79.9. The third-order valence-corrected chi connectivity index (χ3v) is 6.62. The number of carbonyl (C=O) groups is 1. The van der Waals surface area contributed by atoms with E-state index in [0.29, 0.717) is 27.2 Å². The van der Waals surface area contributed by atoms with E-state index in [9.17, 15) is 13.2 Å². The number of methoxy groups -OCH3 is 1. The van der Waals surface area contributed by atoms with Crippen LogP contribution in [0.4, 0.5) is 11.4 Å². The third kappa shape index (κ3) is 4.83. The number of hydrogen-bond acceptors (Lipinski definition) is 4. The summed E-state index contributed by atoms with van der Waals surface area (Å²) in [4.78, 5) is 12.7. The number of halogens is 1. The van der Waals surface area contributed by atoms with Crippen LogP contribution in [0.3, 0.4) is 0 Å². The van der Waals surface area contributed by atoms with Gasteiger partial charge in [-0.3, -0.25) is 9.52 Å². The van der Waals surface area contributed by atoms with Crippen LogP contribution in [-0.2, 0) is 10.0 Å². The molecule has 3 rings (SSSR count). The molecule has 0 radical (unpaired) electrons. The van der Waals surface area contributed by atoms with Gasteiger partial charge >= 0.3 is 0 Å². The second-order valence-electron chi connectivity index (χ2n) is 6.70. The van der Waals surface area contributed by atoms with Crippen LogP contribution in [0.15, 0.2) is 70.0 Å². The predicted molar refractivity (Wildman–Crippen MR) is 122 cm³/mol. The van der Waals surface area contributed by atoms with Gasteiger partial charge in [0, 0.05) is 10.2 Å². The first-order valence-electron chi connectivity index (χ1n) is 9.05. The molecule has 3 aromatic rings. The summed E-state index contributed by atoms with van der Waals surface area (Å²) >= 11 is 3.35. The number of para-hydroxylation sites is 1. The number of benzene rings is 3. The predicted octanol–water partition coefficient (Wildman–Crippen LogP) is 5.13. The molecule has 0 aromatic heterocycles. The summed E-state index contributed by atoms with van der Waals surface area (Å²) in [5.41, 5.74) is 3.12. The number of sulfonamides is 1. The maximum Gasteiger partial charge on any atom is 0.261 e. The van der Waals surface area contributed by atoms with Crippen LogP contribution < -0.4 is 14.8 Å². The lowest BCUT2D eigenvalue weighted by molar-refractivity contribution is 0.102. The monoisotopic (exact) mass is 488 g/mol. The molecule has 0 atom stereocenters. The zero-order chi connectivity index (χ0) is 21.9. The summed E-state index contributed by atoms with van der Waals surface area (Å²) in [5.74, 6) is 0.215. The van der Waals surface area contributed by atoms with Gasteiger partial charge in [-0.2, -0.15) is 0 Å². The van der Waals surface area contributed by atoms with Gasteiger partial charge < -0.3 is 10.1 Å². The van der Waals surface area contributed by atoms with E-state index < -0.39 is 10.0 Å². The fourth-order valence-corrected chi connectivity index (χ4v) is 4.52. The van der Waals surface area contributed by atoms with Gasteiger partial charge in [0.05, 0.1) is 23.3 Å². The Hall–Kier alpha value is -2.84. The van der Waals surface area contributed by atoms with Gasteiger partial charge in [-0.05, 0) is 83.4 Å². The fraction of sp³-hybridized carbons (Fsp3) is 0.136. The highest BCUT2D eigenvalue weighted by Crippen LogP contribution is 2.26. The quantitative estimate of drug-likeness (QED) is 0.503. The molecular formula is C22H21BrN2O4S. The van der Waals surface area contributed by atoms with Crippen molar-refractivity contribution in [3.8, 4) is 5.75 Å². The number of aryl methyl sites for hydroxylation is 2. The largest absolute Gasteiger partial charge is 0.497 e. The van der Waals surface area contributed by atoms with Crippen molar-refractivity contribution in [2.45, 2.75) is 18.7 Å². The molecule has 0 spiro atoms. The molecule has 0 heterocycles. The van der Waals surface area contributed by atoms with E-state index >= 15 is 0 Å². The number of nitrogens with one attached hydrogen (secondary N) is 2. The molecular weight excluding hydrogens is 468 g/mol. The van der Waals surface area contributed by atoms with Crippen LogP contribution in [0.5, 0.6) is 5.75 Å². The van der Waals surface area contributed by atoms with E-state index in [0.717, 1.165) is 11.1 Å². The summed E-state index contributed by atoms with van der Waals surface area (Å²) in [6.07, 6.45) is 0. The highest BCUT2D eigenvalue weighted by Gasteiger charge is 2.17. The SMILES string of the molecule is COc1ccc(Br)c(C(=O)Nc2ccc(S(=O)(=O)Nc3c(C)cccc3C)cc2)c1. The number of anilines is 2. The zero-order valence-electron chi connectivity index (χ0n) is 16.7. The summed E-state index contributed by atoms with van der Waals surface area (Å²) in [7, 11) is -2.23. The summed E-state index contributed by atoms with van der Waals surface area (Å²) in [5, 5.41) is 2.76. The van der Waals surface area contributed by atoms with Crippen molar-refractivity contribution in [3.63, 3.8) is 0 Å². The van der Waals surface area contributed by atoms with Crippen LogP contribution in [-0.4, -0.2) is 21.4 Å². The van der Waals surface area contributed by atoms with Crippen LogP contribution in [0.1, 0.15) is 21.5 Å². The van der Waals surface area contributed by atoms with E-state index in [-0.39, 0.29) is 10.8 Å². The topological polar surface area (TPSA) is 84.5 Å². The van der Waals surface area contributed by atoms with E-state index in [1.165, 1.54) is 19.2 Å². The van der Waals surface area contributed by atoms with Gasteiger partial charge in [0.2, 0.25) is 0 Å². The van der Waals surface area contributed by atoms with Crippen molar-refractivity contribution < 1.29 is 17.9 Å².